The molecule has 0 atom stereocenters. The van der Waals surface area contributed by atoms with Gasteiger partial charge in [0.2, 0.25) is 0 Å². The van der Waals surface area contributed by atoms with Crippen LogP contribution in [0.4, 0.5) is 0 Å². The first-order valence-electron chi connectivity index (χ1n) is 5.78. The molecule has 20 heavy (non-hydrogen) atoms. The largest absolute Gasteiger partial charge is 0.337 e. The van der Waals surface area contributed by atoms with Gasteiger partial charge in [0, 0.05) is 24.3 Å². The number of amides is 1. The highest BCUT2D eigenvalue weighted by atomic mass is 79.9. The highest BCUT2D eigenvalue weighted by molar-refractivity contribution is 9.10. The van der Waals surface area contributed by atoms with E-state index in [1.54, 1.807) is 11.9 Å². The van der Waals surface area contributed by atoms with Crippen LogP contribution in [0.15, 0.2) is 41.0 Å². The minimum absolute atomic E-state index is 0.195. The zero-order chi connectivity index (χ0) is 14.7. The Hall–Kier alpha value is -1.10. The molecule has 1 amide bonds. The van der Waals surface area contributed by atoms with E-state index in [-0.39, 0.29) is 11.1 Å². The van der Waals surface area contributed by atoms with Crippen LogP contribution in [0.5, 0.6) is 0 Å². The van der Waals surface area contributed by atoms with E-state index in [1.807, 2.05) is 24.3 Å². The molecule has 0 aliphatic carbocycles. The van der Waals surface area contributed by atoms with E-state index in [4.69, 9.17) is 23.2 Å². The fourth-order valence-corrected chi connectivity index (χ4v) is 2.55. The Morgan fingerprint density at radius 2 is 2.10 bits per heavy atom. The average Bonchev–Trinajstić information content (AvgIpc) is 2.40. The second-order valence-corrected chi connectivity index (χ2v) is 5.99. The predicted molar refractivity (Wildman–Crippen MR) is 84.2 cm³/mol. The minimum atomic E-state index is -0.195. The number of carbonyl (C=O) groups is 1. The third-order valence-electron chi connectivity index (χ3n) is 2.71. The van der Waals surface area contributed by atoms with Crippen molar-refractivity contribution in [1.29, 1.82) is 0 Å². The molecule has 0 unspecified atom stereocenters. The maximum Gasteiger partial charge on any atom is 0.255 e. The van der Waals surface area contributed by atoms with E-state index < -0.39 is 0 Å². The van der Waals surface area contributed by atoms with E-state index in [1.165, 1.54) is 12.3 Å². The molecule has 6 heteroatoms. The summed E-state index contributed by atoms with van der Waals surface area (Å²) in [6.07, 6.45) is 1.38. The first kappa shape index (κ1) is 15.3. The second kappa shape index (κ2) is 6.57. The van der Waals surface area contributed by atoms with Gasteiger partial charge >= 0.3 is 0 Å². The van der Waals surface area contributed by atoms with Gasteiger partial charge in [-0.1, -0.05) is 51.3 Å². The summed E-state index contributed by atoms with van der Waals surface area (Å²) in [7, 11) is 1.72. The smallest absolute Gasteiger partial charge is 0.255 e. The van der Waals surface area contributed by atoms with Crippen LogP contribution in [-0.4, -0.2) is 22.8 Å². The maximum atomic E-state index is 12.4. The van der Waals surface area contributed by atoms with E-state index in [0.717, 1.165) is 10.0 Å². The van der Waals surface area contributed by atoms with Crippen LogP contribution < -0.4 is 0 Å². The lowest BCUT2D eigenvalue weighted by Gasteiger charge is -2.18. The zero-order valence-corrected chi connectivity index (χ0v) is 13.7. The van der Waals surface area contributed by atoms with Crippen molar-refractivity contribution in [3.63, 3.8) is 0 Å². The molecule has 0 saturated carbocycles. The van der Waals surface area contributed by atoms with Crippen molar-refractivity contribution in [2.24, 2.45) is 0 Å². The normalized spacial score (nSPS) is 10.4. The number of pyridine rings is 1. The van der Waals surface area contributed by atoms with Gasteiger partial charge in [0.15, 0.2) is 0 Å². The molecule has 0 aliphatic heterocycles. The molecule has 1 aromatic carbocycles. The van der Waals surface area contributed by atoms with Crippen molar-refractivity contribution in [2.75, 3.05) is 7.05 Å². The van der Waals surface area contributed by atoms with Gasteiger partial charge in [-0.3, -0.25) is 4.79 Å². The monoisotopic (exact) mass is 372 g/mol. The molecule has 0 spiro atoms. The van der Waals surface area contributed by atoms with Crippen LogP contribution in [-0.2, 0) is 6.54 Å². The van der Waals surface area contributed by atoms with Gasteiger partial charge in [-0.05, 0) is 23.8 Å². The van der Waals surface area contributed by atoms with Gasteiger partial charge in [-0.15, -0.1) is 0 Å². The minimum Gasteiger partial charge on any atom is -0.337 e. The van der Waals surface area contributed by atoms with Crippen LogP contribution in [0.3, 0.4) is 0 Å². The summed E-state index contributed by atoms with van der Waals surface area (Å²) in [5.74, 6) is -0.195. The number of halogens is 3. The Bertz CT molecular complexity index is 649. The Labute approximate surface area is 135 Å². The lowest BCUT2D eigenvalue weighted by atomic mass is 10.2. The van der Waals surface area contributed by atoms with Crippen molar-refractivity contribution in [3.8, 4) is 0 Å². The predicted octanol–water partition coefficient (Wildman–Crippen LogP) is 4.42. The highest BCUT2D eigenvalue weighted by Gasteiger charge is 2.16. The molecular weight excluding hydrogens is 363 g/mol. The second-order valence-electron chi connectivity index (χ2n) is 4.28. The molecule has 1 aromatic heterocycles. The molecule has 0 N–H and O–H groups in total. The number of benzene rings is 1. The van der Waals surface area contributed by atoms with Gasteiger partial charge < -0.3 is 4.90 Å². The van der Waals surface area contributed by atoms with Gasteiger partial charge in [-0.2, -0.15) is 0 Å². The van der Waals surface area contributed by atoms with Crippen LogP contribution in [0.2, 0.25) is 10.2 Å². The number of carbonyl (C=O) groups excluding carboxylic acids is 1. The Morgan fingerprint density at radius 3 is 2.80 bits per heavy atom. The fraction of sp³-hybridized carbons (Fsp3) is 0.143. The van der Waals surface area contributed by atoms with Gasteiger partial charge in [0.05, 0.1) is 10.6 Å². The van der Waals surface area contributed by atoms with Crippen LogP contribution in [0, 0.1) is 0 Å². The Balaban J connectivity index is 2.18. The Morgan fingerprint density at radius 1 is 1.35 bits per heavy atom. The molecule has 1 heterocycles. The van der Waals surface area contributed by atoms with Gasteiger partial charge in [-0.25, -0.2) is 4.98 Å². The molecule has 0 fully saturated rings. The van der Waals surface area contributed by atoms with Crippen molar-refractivity contribution in [2.45, 2.75) is 6.54 Å². The first-order chi connectivity index (χ1) is 9.47. The van der Waals surface area contributed by atoms with Gasteiger partial charge in [0.1, 0.15) is 5.15 Å². The van der Waals surface area contributed by atoms with E-state index in [0.29, 0.717) is 17.1 Å². The summed E-state index contributed by atoms with van der Waals surface area (Å²) in [4.78, 5) is 17.8. The lowest BCUT2D eigenvalue weighted by Crippen LogP contribution is -2.26. The summed E-state index contributed by atoms with van der Waals surface area (Å²) in [5.41, 5.74) is 1.37. The molecule has 104 valence electrons. The van der Waals surface area contributed by atoms with E-state index in [9.17, 15) is 4.79 Å². The van der Waals surface area contributed by atoms with E-state index in [2.05, 4.69) is 20.9 Å². The van der Waals surface area contributed by atoms with Crippen LogP contribution in [0.25, 0.3) is 0 Å². The third kappa shape index (κ3) is 3.72. The van der Waals surface area contributed by atoms with Crippen molar-refractivity contribution >= 4 is 45.0 Å². The average molecular weight is 374 g/mol. The molecule has 2 rings (SSSR count). The summed E-state index contributed by atoms with van der Waals surface area (Å²) in [6.45, 7) is 0.481. The molecule has 2 aromatic rings. The standard InChI is InChI=1S/C14H11BrCl2N2O/c1-19(8-9-3-2-4-10(15)5-9)14(20)11-6-13(17)18-7-12(11)16/h2-7H,8H2,1H3. The van der Waals surface area contributed by atoms with Crippen LogP contribution in [0.1, 0.15) is 15.9 Å². The van der Waals surface area contributed by atoms with Crippen molar-refractivity contribution < 1.29 is 4.79 Å². The van der Waals surface area contributed by atoms with Crippen molar-refractivity contribution in [3.05, 3.63) is 62.3 Å². The summed E-state index contributed by atoms with van der Waals surface area (Å²) < 4.78 is 0.973. The number of hydrogen-bond acceptors (Lipinski definition) is 2. The molecular formula is C14H11BrCl2N2O. The molecule has 0 bridgehead atoms. The summed E-state index contributed by atoms with van der Waals surface area (Å²) >= 11 is 15.2. The Kier molecular flexibility index (Phi) is 5.02. The molecule has 0 radical (unpaired) electrons. The van der Waals surface area contributed by atoms with Crippen molar-refractivity contribution in [1.82, 2.24) is 9.88 Å². The quantitative estimate of drug-likeness (QED) is 0.746. The number of aromatic nitrogens is 1. The van der Waals surface area contributed by atoms with Crippen LogP contribution >= 0.6 is 39.1 Å². The lowest BCUT2D eigenvalue weighted by molar-refractivity contribution is 0.0785. The first-order valence-corrected chi connectivity index (χ1v) is 7.33. The topological polar surface area (TPSA) is 33.2 Å². The number of nitrogens with zero attached hydrogens (tertiary/aromatic N) is 2. The SMILES string of the molecule is CN(Cc1cccc(Br)c1)C(=O)c1cc(Cl)ncc1Cl. The summed E-state index contributed by atoms with van der Waals surface area (Å²) in [6, 6.07) is 9.25. The zero-order valence-electron chi connectivity index (χ0n) is 10.6. The fourth-order valence-electron chi connectivity index (χ4n) is 1.76. The molecule has 3 nitrogen and oxygen atoms in total. The number of hydrogen-bond donors (Lipinski definition) is 0. The molecule has 0 saturated heterocycles. The summed E-state index contributed by atoms with van der Waals surface area (Å²) in [5, 5.41) is 0.536. The van der Waals surface area contributed by atoms with Gasteiger partial charge in [0.25, 0.3) is 5.91 Å². The molecule has 0 aliphatic rings. The highest BCUT2D eigenvalue weighted by Crippen LogP contribution is 2.20. The maximum absolute atomic E-state index is 12.4. The third-order valence-corrected chi connectivity index (χ3v) is 3.71. The number of rotatable bonds is 3. The van der Waals surface area contributed by atoms with E-state index >= 15 is 0 Å².